The summed E-state index contributed by atoms with van der Waals surface area (Å²) in [4.78, 5) is 0. The number of thioether (sulfide) groups is 1. The van der Waals surface area contributed by atoms with E-state index in [0.717, 1.165) is 18.6 Å². The molecule has 0 aliphatic carbocycles. The van der Waals surface area contributed by atoms with Crippen LogP contribution in [0.3, 0.4) is 0 Å². The average Bonchev–Trinajstić information content (AvgIpc) is 2.25. The Hall–Kier alpha value is 0.220. The van der Waals surface area contributed by atoms with E-state index in [4.69, 9.17) is 0 Å². The van der Waals surface area contributed by atoms with Gasteiger partial charge >= 0.3 is 0 Å². The Bertz CT molecular complexity index is 343. The van der Waals surface area contributed by atoms with E-state index in [1.807, 2.05) is 0 Å². The van der Waals surface area contributed by atoms with Crippen LogP contribution in [0.2, 0.25) is 0 Å². The summed E-state index contributed by atoms with van der Waals surface area (Å²) in [5.41, 5.74) is 0. The van der Waals surface area contributed by atoms with E-state index in [-0.39, 0.29) is 6.10 Å². The third kappa shape index (κ3) is 5.91. The van der Waals surface area contributed by atoms with Gasteiger partial charge < -0.3 is 5.11 Å². The Morgan fingerprint density at radius 1 is 1.44 bits per heavy atom. The number of aliphatic hydroxyl groups is 1. The lowest BCUT2D eigenvalue weighted by molar-refractivity contribution is 0.140. The van der Waals surface area contributed by atoms with Crippen molar-refractivity contribution in [2.45, 2.75) is 44.5 Å². The molecule has 0 aromatic heterocycles. The highest BCUT2D eigenvalue weighted by Crippen LogP contribution is 2.24. The minimum Gasteiger partial charge on any atom is -0.392 e. The van der Waals surface area contributed by atoms with Gasteiger partial charge in [-0.2, -0.15) is 11.8 Å². The van der Waals surface area contributed by atoms with Gasteiger partial charge in [0.05, 0.1) is 12.4 Å². The van der Waals surface area contributed by atoms with E-state index >= 15 is 0 Å². The summed E-state index contributed by atoms with van der Waals surface area (Å²) >= 11 is 1.75. The molecule has 4 nitrogen and oxygen atoms in total. The van der Waals surface area contributed by atoms with E-state index in [1.54, 1.807) is 16.1 Å². The number of aliphatic hydroxyl groups excluding tert-OH is 1. The first kappa shape index (κ1) is 16.3. The second-order valence-corrected chi connectivity index (χ2v) is 8.99. The first-order chi connectivity index (χ1) is 8.29. The lowest BCUT2D eigenvalue weighted by atomic mass is 9.94. The minimum absolute atomic E-state index is 0.302. The first-order valence-corrected chi connectivity index (χ1v) is 9.43. The van der Waals surface area contributed by atoms with Gasteiger partial charge in [0.15, 0.2) is 0 Å². The van der Waals surface area contributed by atoms with Crippen molar-refractivity contribution in [3.05, 3.63) is 0 Å². The SMILES string of the molecule is CC(C)SCC(O)CC1CCCN(S(C)(=O)=O)C1. The summed E-state index contributed by atoms with van der Waals surface area (Å²) in [6.45, 7) is 5.43. The van der Waals surface area contributed by atoms with Crippen LogP contribution >= 0.6 is 11.8 Å². The van der Waals surface area contributed by atoms with Crippen molar-refractivity contribution >= 4 is 21.8 Å². The minimum atomic E-state index is -3.07. The zero-order chi connectivity index (χ0) is 13.8. The smallest absolute Gasteiger partial charge is 0.211 e. The molecule has 2 atom stereocenters. The molecule has 0 radical (unpaired) electrons. The highest BCUT2D eigenvalue weighted by molar-refractivity contribution is 7.99. The summed E-state index contributed by atoms with van der Waals surface area (Å²) in [6.07, 6.45) is 3.59. The predicted molar refractivity (Wildman–Crippen MR) is 77.4 cm³/mol. The fraction of sp³-hybridized carbons (Fsp3) is 1.00. The van der Waals surface area contributed by atoms with Crippen LogP contribution in [0.1, 0.15) is 33.1 Å². The van der Waals surface area contributed by atoms with Crippen molar-refractivity contribution in [1.82, 2.24) is 4.31 Å². The van der Waals surface area contributed by atoms with Crippen LogP contribution in [0.25, 0.3) is 0 Å². The van der Waals surface area contributed by atoms with E-state index in [1.165, 1.54) is 6.26 Å². The zero-order valence-corrected chi connectivity index (χ0v) is 13.1. The lowest BCUT2D eigenvalue weighted by Crippen LogP contribution is -2.40. The molecule has 1 N–H and O–H groups in total. The normalized spacial score (nSPS) is 24.4. The van der Waals surface area contributed by atoms with E-state index < -0.39 is 10.0 Å². The summed E-state index contributed by atoms with van der Waals surface area (Å²) in [7, 11) is -3.07. The number of sulfonamides is 1. The fourth-order valence-electron chi connectivity index (χ4n) is 2.28. The van der Waals surface area contributed by atoms with Gasteiger partial charge in [0.25, 0.3) is 0 Å². The van der Waals surface area contributed by atoms with Crippen molar-refractivity contribution in [2.24, 2.45) is 5.92 Å². The van der Waals surface area contributed by atoms with Gasteiger partial charge in [-0.05, 0) is 30.4 Å². The first-order valence-electron chi connectivity index (χ1n) is 6.54. The van der Waals surface area contributed by atoms with Crippen LogP contribution < -0.4 is 0 Å². The predicted octanol–water partition coefficient (Wildman–Crippen LogP) is 1.55. The number of hydrogen-bond acceptors (Lipinski definition) is 4. The molecule has 0 saturated carbocycles. The molecule has 0 amide bonds. The zero-order valence-electron chi connectivity index (χ0n) is 11.5. The van der Waals surface area contributed by atoms with Crippen molar-refractivity contribution in [3.8, 4) is 0 Å². The maximum Gasteiger partial charge on any atom is 0.211 e. The molecule has 0 spiro atoms. The number of piperidine rings is 1. The van der Waals surface area contributed by atoms with Gasteiger partial charge in [0, 0.05) is 18.8 Å². The highest BCUT2D eigenvalue weighted by atomic mass is 32.2. The van der Waals surface area contributed by atoms with Crippen LogP contribution in [0.5, 0.6) is 0 Å². The molecule has 1 aliphatic heterocycles. The third-order valence-electron chi connectivity index (χ3n) is 3.18. The van der Waals surface area contributed by atoms with Gasteiger partial charge in [0.1, 0.15) is 0 Å². The molecule has 1 fully saturated rings. The van der Waals surface area contributed by atoms with Crippen molar-refractivity contribution in [2.75, 3.05) is 25.1 Å². The van der Waals surface area contributed by atoms with Gasteiger partial charge in [-0.25, -0.2) is 12.7 Å². The number of rotatable bonds is 6. The number of nitrogens with zero attached hydrogens (tertiary/aromatic N) is 1. The van der Waals surface area contributed by atoms with Crippen LogP contribution in [0.4, 0.5) is 0 Å². The van der Waals surface area contributed by atoms with Gasteiger partial charge in [-0.1, -0.05) is 13.8 Å². The van der Waals surface area contributed by atoms with Gasteiger partial charge in [-0.3, -0.25) is 0 Å². The van der Waals surface area contributed by atoms with Gasteiger partial charge in [-0.15, -0.1) is 0 Å². The van der Waals surface area contributed by atoms with E-state index in [0.29, 0.717) is 30.7 Å². The maximum atomic E-state index is 11.5. The standard InChI is InChI=1S/C12H25NO3S2/c1-10(2)17-9-12(14)7-11-5-4-6-13(8-11)18(3,15)16/h10-12,14H,4-9H2,1-3H3. The molecule has 6 heteroatoms. The van der Waals surface area contributed by atoms with Crippen LogP contribution in [-0.4, -0.2) is 54.3 Å². The van der Waals surface area contributed by atoms with Crippen molar-refractivity contribution in [1.29, 1.82) is 0 Å². The maximum absolute atomic E-state index is 11.5. The Kier molecular flexibility index (Phi) is 6.44. The molecule has 1 heterocycles. The van der Waals surface area contributed by atoms with Crippen LogP contribution in [0.15, 0.2) is 0 Å². The molecule has 1 saturated heterocycles. The van der Waals surface area contributed by atoms with Crippen molar-refractivity contribution < 1.29 is 13.5 Å². The summed E-state index contributed by atoms with van der Waals surface area (Å²) in [6, 6.07) is 0. The molecule has 0 aromatic rings. The topological polar surface area (TPSA) is 57.6 Å². The summed E-state index contributed by atoms with van der Waals surface area (Å²) in [5.74, 6) is 1.05. The second-order valence-electron chi connectivity index (χ2n) is 5.40. The van der Waals surface area contributed by atoms with Crippen LogP contribution in [0, 0.1) is 5.92 Å². The van der Waals surface area contributed by atoms with Crippen molar-refractivity contribution in [3.63, 3.8) is 0 Å². The third-order valence-corrected chi connectivity index (χ3v) is 5.69. The van der Waals surface area contributed by atoms with Crippen LogP contribution in [-0.2, 0) is 10.0 Å². The van der Waals surface area contributed by atoms with E-state index in [9.17, 15) is 13.5 Å². The molecule has 1 aliphatic rings. The average molecular weight is 295 g/mol. The molecular formula is C12H25NO3S2. The molecule has 108 valence electrons. The Morgan fingerprint density at radius 2 is 2.11 bits per heavy atom. The molecule has 18 heavy (non-hydrogen) atoms. The fourth-order valence-corrected chi connectivity index (χ4v) is 3.96. The summed E-state index contributed by atoms with van der Waals surface area (Å²) in [5, 5.41) is 10.5. The summed E-state index contributed by atoms with van der Waals surface area (Å²) < 4.78 is 24.5. The Balaban J connectivity index is 2.38. The number of hydrogen-bond donors (Lipinski definition) is 1. The Morgan fingerprint density at radius 3 is 2.67 bits per heavy atom. The molecular weight excluding hydrogens is 270 g/mol. The molecule has 1 rings (SSSR count). The Labute approximate surface area is 115 Å². The lowest BCUT2D eigenvalue weighted by Gasteiger charge is -2.32. The largest absolute Gasteiger partial charge is 0.392 e. The van der Waals surface area contributed by atoms with Gasteiger partial charge in [0.2, 0.25) is 10.0 Å². The van der Waals surface area contributed by atoms with E-state index in [2.05, 4.69) is 13.8 Å². The molecule has 0 aromatic carbocycles. The molecule has 2 unspecified atom stereocenters. The molecule has 0 bridgehead atoms. The highest BCUT2D eigenvalue weighted by Gasteiger charge is 2.27. The second kappa shape index (κ2) is 7.12. The monoisotopic (exact) mass is 295 g/mol. The quantitative estimate of drug-likeness (QED) is 0.808.